The molecule has 0 aliphatic rings. The van der Waals surface area contributed by atoms with Crippen LogP contribution in [0.2, 0.25) is 5.02 Å². The normalized spacial score (nSPS) is 9.28. The quantitative estimate of drug-likeness (QED) is 0.126. The van der Waals surface area contributed by atoms with Crippen LogP contribution >= 0.6 is 11.6 Å². The van der Waals surface area contributed by atoms with Crippen molar-refractivity contribution in [2.45, 2.75) is 20.8 Å². The maximum Gasteiger partial charge on any atom is 0.195 e. The summed E-state index contributed by atoms with van der Waals surface area (Å²) in [5.74, 6) is -0.143. The highest BCUT2D eigenvalue weighted by Crippen LogP contribution is 2.21. The zero-order valence-electron chi connectivity index (χ0n) is 22.4. The van der Waals surface area contributed by atoms with Crippen LogP contribution in [0.5, 0.6) is 0 Å². The van der Waals surface area contributed by atoms with Crippen molar-refractivity contribution in [3.05, 3.63) is 154 Å². The number of nitrogens with two attached hydrogens (primary N) is 1. The summed E-state index contributed by atoms with van der Waals surface area (Å²) >= 11 is 5.86. The van der Waals surface area contributed by atoms with Crippen molar-refractivity contribution >= 4 is 23.1 Å². The first-order valence-electron chi connectivity index (χ1n) is 12.1. The molecule has 4 aromatic heterocycles. The molecule has 0 saturated carbocycles. The molecule has 8 nitrogen and oxygen atoms in total. The number of halogens is 1. The number of carbonyl (C=O) groups excluding carboxylic acids is 1. The zero-order chi connectivity index (χ0) is 29.3. The highest BCUT2D eigenvalue weighted by molar-refractivity contribution is 6.31. The Balaban J connectivity index is 0.000000204. The van der Waals surface area contributed by atoms with E-state index in [-0.39, 0.29) is 5.78 Å². The lowest BCUT2D eigenvalue weighted by Gasteiger charge is -2.05. The van der Waals surface area contributed by atoms with Gasteiger partial charge < -0.3 is 10.9 Å². The molecule has 0 spiro atoms. The van der Waals surface area contributed by atoms with E-state index in [0.29, 0.717) is 27.4 Å². The number of hydrogen-bond donors (Lipinski definition) is 1. The first-order valence-corrected chi connectivity index (χ1v) is 12.4. The van der Waals surface area contributed by atoms with Gasteiger partial charge in [0, 0.05) is 77.1 Å². The number of hydrogen-bond acceptors (Lipinski definition) is 7. The lowest BCUT2D eigenvalue weighted by Crippen LogP contribution is -2.28. The molecule has 5 aromatic rings. The molecule has 0 amide bonds. The molecule has 0 saturated heterocycles. The fourth-order valence-corrected chi connectivity index (χ4v) is 3.13. The van der Waals surface area contributed by atoms with Gasteiger partial charge in [-0.1, -0.05) is 23.7 Å². The molecule has 0 aliphatic heterocycles. The summed E-state index contributed by atoms with van der Waals surface area (Å²) in [6.45, 7) is 5.57. The van der Waals surface area contributed by atoms with E-state index in [2.05, 4.69) is 15.0 Å². The van der Waals surface area contributed by atoms with E-state index < -0.39 is 0 Å². The minimum Gasteiger partial charge on any atom is -0.619 e. The van der Waals surface area contributed by atoms with Crippen molar-refractivity contribution in [1.29, 1.82) is 5.26 Å². The van der Waals surface area contributed by atoms with Crippen LogP contribution in [0.25, 0.3) is 0 Å². The molecule has 4 heterocycles. The molecule has 0 radical (unpaired) electrons. The maximum atomic E-state index is 12.2. The third-order valence-electron chi connectivity index (χ3n) is 5.06. The standard InChI is InChI=1S/C13H11ClN2O.C6H4N2.C6H7NO.C6H7N/c1-8-6-9(4-5-16-8)13(17)11-7-10(14)2-3-12(11)15;7-5-6-1-3-8-4-2-6;1-6-4-2-3-5-7(6)8;1-6-4-2-3-5-7-6/h2-7H,15H2,1H3;1-4H;2-5H,1H3;2-5H,1H3. The molecule has 9 heteroatoms. The van der Waals surface area contributed by atoms with Crippen LogP contribution in [-0.2, 0) is 0 Å². The number of pyridine rings is 4. The number of aryl methyl sites for hydroxylation is 3. The van der Waals surface area contributed by atoms with E-state index in [0.717, 1.165) is 21.8 Å². The zero-order valence-corrected chi connectivity index (χ0v) is 23.2. The summed E-state index contributed by atoms with van der Waals surface area (Å²) in [5, 5.41) is 19.3. The summed E-state index contributed by atoms with van der Waals surface area (Å²) in [7, 11) is 0. The number of carbonyl (C=O) groups is 1. The van der Waals surface area contributed by atoms with Crippen LogP contribution in [-0.4, -0.2) is 20.7 Å². The van der Waals surface area contributed by atoms with Crippen molar-refractivity contribution < 1.29 is 9.52 Å². The van der Waals surface area contributed by atoms with E-state index >= 15 is 0 Å². The summed E-state index contributed by atoms with van der Waals surface area (Å²) in [4.78, 5) is 24.0. The summed E-state index contributed by atoms with van der Waals surface area (Å²) in [6, 6.07) is 24.7. The monoisotopic (exact) mass is 552 g/mol. The van der Waals surface area contributed by atoms with Gasteiger partial charge >= 0.3 is 0 Å². The van der Waals surface area contributed by atoms with Crippen LogP contribution in [0.4, 0.5) is 5.69 Å². The number of nitrogens with zero attached hydrogens (tertiary/aromatic N) is 5. The smallest absolute Gasteiger partial charge is 0.195 e. The van der Waals surface area contributed by atoms with Crippen LogP contribution in [0.3, 0.4) is 0 Å². The van der Waals surface area contributed by atoms with Crippen LogP contribution in [0, 0.1) is 37.3 Å². The third-order valence-corrected chi connectivity index (χ3v) is 5.29. The average Bonchev–Trinajstić information content (AvgIpc) is 2.97. The third kappa shape index (κ3) is 11.1. The fraction of sp³-hybridized carbons (Fsp3) is 0.0968. The van der Waals surface area contributed by atoms with E-state index in [1.165, 1.54) is 6.20 Å². The number of nitrogen functional groups attached to an aromatic ring is 1. The number of ketones is 1. The SMILES string of the molecule is Cc1cc(C(=O)c2cc(Cl)ccc2N)ccn1.Cc1cccc[n+]1[O-].Cc1ccccn1.N#Cc1ccncc1. The molecule has 5 rings (SSSR count). The minimum atomic E-state index is -0.143. The lowest BCUT2D eigenvalue weighted by atomic mass is 10.0. The molecular weight excluding hydrogens is 524 g/mol. The molecule has 0 fully saturated rings. The van der Waals surface area contributed by atoms with Gasteiger partial charge in [0.1, 0.15) is 0 Å². The largest absolute Gasteiger partial charge is 0.619 e. The highest BCUT2D eigenvalue weighted by atomic mass is 35.5. The van der Waals surface area contributed by atoms with Gasteiger partial charge in [-0.25, -0.2) is 0 Å². The second-order valence-electron chi connectivity index (χ2n) is 8.23. The molecule has 40 heavy (non-hydrogen) atoms. The van der Waals surface area contributed by atoms with Gasteiger partial charge in [-0.05, 0) is 68.4 Å². The number of rotatable bonds is 2. The van der Waals surface area contributed by atoms with Gasteiger partial charge in [0.25, 0.3) is 0 Å². The van der Waals surface area contributed by atoms with Crippen molar-refractivity contribution in [3.63, 3.8) is 0 Å². The second kappa shape index (κ2) is 16.7. The average molecular weight is 553 g/mol. The Morgan fingerprint density at radius 3 is 2.08 bits per heavy atom. The van der Waals surface area contributed by atoms with Gasteiger partial charge in [0.05, 0.1) is 11.6 Å². The second-order valence-corrected chi connectivity index (χ2v) is 8.67. The first-order chi connectivity index (χ1) is 19.2. The van der Waals surface area contributed by atoms with E-state index in [4.69, 9.17) is 22.6 Å². The van der Waals surface area contributed by atoms with Gasteiger partial charge in [-0.15, -0.1) is 0 Å². The Kier molecular flexibility index (Phi) is 12.9. The fourth-order valence-electron chi connectivity index (χ4n) is 2.96. The number of nitriles is 1. The molecule has 0 atom stereocenters. The van der Waals surface area contributed by atoms with Crippen molar-refractivity contribution in [2.24, 2.45) is 0 Å². The maximum absolute atomic E-state index is 12.2. The predicted octanol–water partition coefficient (Wildman–Crippen LogP) is 5.83. The van der Waals surface area contributed by atoms with Gasteiger partial charge in [-0.2, -0.15) is 9.99 Å². The van der Waals surface area contributed by atoms with Gasteiger partial charge in [0.15, 0.2) is 17.7 Å². The number of anilines is 1. The van der Waals surface area contributed by atoms with Crippen molar-refractivity contribution in [2.75, 3.05) is 5.73 Å². The molecule has 0 aliphatic carbocycles. The summed E-state index contributed by atoms with van der Waals surface area (Å²) in [5.41, 5.74) is 10.4. The Morgan fingerprint density at radius 1 is 0.875 bits per heavy atom. The lowest BCUT2D eigenvalue weighted by molar-refractivity contribution is -0.612. The van der Waals surface area contributed by atoms with E-state index in [9.17, 15) is 10.0 Å². The number of aromatic nitrogens is 4. The van der Waals surface area contributed by atoms with E-state index in [1.54, 1.807) is 86.3 Å². The van der Waals surface area contributed by atoms with Gasteiger partial charge in [-0.3, -0.25) is 19.7 Å². The van der Waals surface area contributed by atoms with Crippen molar-refractivity contribution in [3.8, 4) is 6.07 Å². The molecule has 1 aromatic carbocycles. The molecule has 2 N–H and O–H groups in total. The van der Waals surface area contributed by atoms with Crippen LogP contribution in [0.1, 0.15) is 38.6 Å². The summed E-state index contributed by atoms with van der Waals surface area (Å²) in [6.07, 6.45) is 8.06. The van der Waals surface area contributed by atoms with Crippen molar-refractivity contribution in [1.82, 2.24) is 15.0 Å². The first kappa shape index (κ1) is 31.1. The predicted molar refractivity (Wildman–Crippen MR) is 156 cm³/mol. The Hall–Kier alpha value is -5.13. The topological polar surface area (TPSA) is 132 Å². The Bertz CT molecular complexity index is 1520. The summed E-state index contributed by atoms with van der Waals surface area (Å²) < 4.78 is 0.833. The minimum absolute atomic E-state index is 0.143. The van der Waals surface area contributed by atoms with Crippen LogP contribution < -0.4 is 10.5 Å². The number of benzene rings is 1. The molecule has 0 unspecified atom stereocenters. The Labute approximate surface area is 239 Å². The molecular formula is C31H29ClN6O2. The van der Waals surface area contributed by atoms with Gasteiger partial charge in [0.2, 0.25) is 0 Å². The van der Waals surface area contributed by atoms with E-state index in [1.807, 2.05) is 44.2 Å². The molecule has 202 valence electrons. The molecule has 0 bridgehead atoms. The van der Waals surface area contributed by atoms with Crippen LogP contribution in [0.15, 0.2) is 110 Å². The highest BCUT2D eigenvalue weighted by Gasteiger charge is 2.13. The Morgan fingerprint density at radius 2 is 1.57 bits per heavy atom.